The Kier molecular flexibility index (Phi) is 5.56. The highest BCUT2D eigenvalue weighted by molar-refractivity contribution is 7.85. The molecular formula is C19H22FN3O5S. The maximum atomic E-state index is 14.9. The van der Waals surface area contributed by atoms with E-state index in [2.05, 4.69) is 6.07 Å². The van der Waals surface area contributed by atoms with Crippen LogP contribution in [0.1, 0.15) is 20.3 Å². The molecule has 2 saturated heterocycles. The predicted molar refractivity (Wildman–Crippen MR) is 105 cm³/mol. The van der Waals surface area contributed by atoms with Crippen LogP contribution in [-0.2, 0) is 14.9 Å². The monoisotopic (exact) mass is 423 g/mol. The lowest BCUT2D eigenvalue weighted by Gasteiger charge is -2.41. The molecule has 2 fully saturated rings. The van der Waals surface area contributed by atoms with Gasteiger partial charge in [-0.15, -0.1) is 0 Å². The van der Waals surface area contributed by atoms with Gasteiger partial charge in [0.25, 0.3) is 10.1 Å². The number of hydrogen-bond acceptors (Lipinski definition) is 6. The van der Waals surface area contributed by atoms with Crippen molar-refractivity contribution in [1.29, 1.82) is 5.26 Å². The lowest BCUT2D eigenvalue weighted by molar-refractivity contribution is 0.150. The van der Waals surface area contributed by atoms with Crippen LogP contribution in [0.25, 0.3) is 0 Å². The Morgan fingerprint density at radius 1 is 1.45 bits per heavy atom. The molecule has 1 atom stereocenters. The second-order valence-electron chi connectivity index (χ2n) is 7.85. The number of rotatable bonds is 4. The van der Waals surface area contributed by atoms with Crippen molar-refractivity contribution in [2.24, 2.45) is 5.41 Å². The molecule has 1 aromatic rings. The maximum absolute atomic E-state index is 14.9. The second kappa shape index (κ2) is 7.65. The van der Waals surface area contributed by atoms with E-state index < -0.39 is 33.9 Å². The smallest absolute Gasteiger partial charge is 0.414 e. The van der Waals surface area contributed by atoms with E-state index in [1.54, 1.807) is 18.2 Å². The van der Waals surface area contributed by atoms with Crippen molar-refractivity contribution in [3.05, 3.63) is 35.7 Å². The molecule has 0 aromatic heterocycles. The number of benzene rings is 1. The summed E-state index contributed by atoms with van der Waals surface area (Å²) in [7, 11) is -4.30. The number of ether oxygens (including phenoxy) is 1. The largest absolute Gasteiger partial charge is 0.443 e. The Morgan fingerprint density at radius 2 is 2.17 bits per heavy atom. The summed E-state index contributed by atoms with van der Waals surface area (Å²) in [6.07, 6.45) is 0.390. The molecule has 1 aromatic carbocycles. The second-order valence-corrected chi connectivity index (χ2v) is 9.35. The summed E-state index contributed by atoms with van der Waals surface area (Å²) >= 11 is 0. The number of anilines is 2. The van der Waals surface area contributed by atoms with Gasteiger partial charge in [0.2, 0.25) is 0 Å². The average molecular weight is 423 g/mol. The fourth-order valence-corrected chi connectivity index (χ4v) is 4.42. The number of nitriles is 1. The first-order chi connectivity index (χ1) is 13.5. The third kappa shape index (κ3) is 4.68. The van der Waals surface area contributed by atoms with E-state index in [1.165, 1.54) is 6.07 Å². The molecule has 8 nitrogen and oxygen atoms in total. The molecule has 0 aliphatic carbocycles. The molecule has 2 heterocycles. The highest BCUT2D eigenvalue weighted by Gasteiger charge is 2.36. The molecule has 10 heteroatoms. The van der Waals surface area contributed by atoms with Crippen LogP contribution in [0.3, 0.4) is 0 Å². The van der Waals surface area contributed by atoms with Gasteiger partial charge in [-0.25, -0.2) is 9.18 Å². The van der Waals surface area contributed by atoms with Crippen molar-refractivity contribution in [3.63, 3.8) is 0 Å². The van der Waals surface area contributed by atoms with Gasteiger partial charge in [-0.05, 0) is 24.6 Å². The maximum Gasteiger partial charge on any atom is 0.414 e. The zero-order valence-corrected chi connectivity index (χ0v) is 16.9. The molecule has 3 rings (SSSR count). The first-order valence-corrected chi connectivity index (χ1v) is 10.7. The van der Waals surface area contributed by atoms with Crippen LogP contribution in [0.15, 0.2) is 29.8 Å². The van der Waals surface area contributed by atoms with Crippen LogP contribution in [0, 0.1) is 22.6 Å². The number of nitrogens with zero attached hydrogens (tertiary/aromatic N) is 3. The minimum atomic E-state index is -4.30. The number of cyclic esters (lactones) is 1. The highest BCUT2D eigenvalue weighted by Crippen LogP contribution is 2.37. The zero-order valence-electron chi connectivity index (χ0n) is 16.1. The molecular weight excluding hydrogens is 401 g/mol. The normalized spacial score (nSPS) is 23.2. The van der Waals surface area contributed by atoms with E-state index in [9.17, 15) is 17.6 Å². The Morgan fingerprint density at radius 3 is 2.76 bits per heavy atom. The summed E-state index contributed by atoms with van der Waals surface area (Å²) in [5, 5.41) is 8.92. The number of piperidine rings is 1. The summed E-state index contributed by atoms with van der Waals surface area (Å²) in [6, 6.07) is 6.42. The number of amides is 1. The minimum Gasteiger partial charge on any atom is -0.443 e. The fourth-order valence-electron chi connectivity index (χ4n) is 3.78. The van der Waals surface area contributed by atoms with Crippen molar-refractivity contribution in [3.8, 4) is 6.07 Å². The molecule has 0 spiro atoms. The van der Waals surface area contributed by atoms with Crippen molar-refractivity contribution in [1.82, 2.24) is 0 Å². The fraction of sp³-hybridized carbons (Fsp3) is 0.474. The van der Waals surface area contributed by atoms with Gasteiger partial charge in [0.15, 0.2) is 0 Å². The van der Waals surface area contributed by atoms with E-state index in [0.717, 1.165) is 10.5 Å². The molecule has 1 N–H and O–H groups in total. The van der Waals surface area contributed by atoms with Crippen LogP contribution in [0.2, 0.25) is 0 Å². The van der Waals surface area contributed by atoms with Gasteiger partial charge < -0.3 is 9.64 Å². The molecule has 29 heavy (non-hydrogen) atoms. The van der Waals surface area contributed by atoms with Crippen molar-refractivity contribution in [2.75, 3.05) is 35.2 Å². The standard InChI is InChI=1S/C19H22FN3O5S/c1-19(2)12-22(8-6-13(19)5-7-21)17-4-3-14(9-16(17)20)23-10-15(28-18(23)24)11-29(25,26)27/h3-5,9,15H,6,8,10-12H2,1-2H3,(H,25,26,27)/b13-5+/t15-/m1/s1. The molecule has 0 saturated carbocycles. The minimum absolute atomic E-state index is 0.101. The van der Waals surface area contributed by atoms with E-state index in [1.807, 2.05) is 18.7 Å². The van der Waals surface area contributed by atoms with Gasteiger partial charge in [0, 0.05) is 24.6 Å². The molecule has 2 aliphatic heterocycles. The summed E-state index contributed by atoms with van der Waals surface area (Å²) < 4.78 is 50.7. The number of halogens is 1. The van der Waals surface area contributed by atoms with E-state index >= 15 is 0 Å². The van der Waals surface area contributed by atoms with Gasteiger partial charge in [0.1, 0.15) is 17.7 Å². The Bertz CT molecular complexity index is 1000. The number of allylic oxidation sites excluding steroid dienone is 1. The van der Waals surface area contributed by atoms with Gasteiger partial charge in [-0.2, -0.15) is 13.7 Å². The van der Waals surface area contributed by atoms with Gasteiger partial charge in [-0.3, -0.25) is 9.45 Å². The van der Waals surface area contributed by atoms with Gasteiger partial charge in [0.05, 0.1) is 24.0 Å². The molecule has 0 unspecified atom stereocenters. The zero-order chi connectivity index (χ0) is 21.4. The molecule has 0 radical (unpaired) electrons. The van der Waals surface area contributed by atoms with Crippen molar-refractivity contribution < 1.29 is 26.9 Å². The number of carbonyl (C=O) groups is 1. The number of hydrogen-bond donors (Lipinski definition) is 1. The van der Waals surface area contributed by atoms with Gasteiger partial charge in [-0.1, -0.05) is 19.4 Å². The summed E-state index contributed by atoms with van der Waals surface area (Å²) in [6.45, 7) is 5.01. The predicted octanol–water partition coefficient (Wildman–Crippen LogP) is 2.72. The van der Waals surface area contributed by atoms with Crippen LogP contribution in [0.5, 0.6) is 0 Å². The van der Waals surface area contributed by atoms with Crippen molar-refractivity contribution >= 4 is 27.6 Å². The van der Waals surface area contributed by atoms with E-state index in [-0.39, 0.29) is 17.6 Å². The van der Waals surface area contributed by atoms with Crippen LogP contribution < -0.4 is 9.80 Å². The summed E-state index contributed by atoms with van der Waals surface area (Å²) in [4.78, 5) is 15.0. The Labute approximate surface area is 168 Å². The third-order valence-electron chi connectivity index (χ3n) is 5.20. The topological polar surface area (TPSA) is 111 Å². The quantitative estimate of drug-likeness (QED) is 0.585. The van der Waals surface area contributed by atoms with Crippen LogP contribution in [-0.4, -0.2) is 50.6 Å². The molecule has 0 bridgehead atoms. The lowest BCUT2D eigenvalue weighted by atomic mass is 9.78. The third-order valence-corrected chi connectivity index (χ3v) is 5.99. The first-order valence-electron chi connectivity index (χ1n) is 9.07. The average Bonchev–Trinajstić information content (AvgIpc) is 2.94. The van der Waals surface area contributed by atoms with E-state index in [4.69, 9.17) is 14.6 Å². The Balaban J connectivity index is 1.77. The SMILES string of the molecule is CC1(C)CN(c2ccc(N3C[C@H](CS(=O)(=O)O)OC3=O)cc2F)CC/C1=C\C#N. The van der Waals surface area contributed by atoms with E-state index in [0.29, 0.717) is 25.2 Å². The molecule has 1 amide bonds. The summed E-state index contributed by atoms with van der Waals surface area (Å²) in [5.41, 5.74) is 1.38. The van der Waals surface area contributed by atoms with Crippen LogP contribution >= 0.6 is 0 Å². The Hall–Kier alpha value is -2.64. The lowest BCUT2D eigenvalue weighted by Crippen LogP contribution is -2.42. The summed E-state index contributed by atoms with van der Waals surface area (Å²) in [5.74, 6) is -1.23. The molecule has 156 valence electrons. The highest BCUT2D eigenvalue weighted by atomic mass is 32.2. The first kappa shape index (κ1) is 21.1. The van der Waals surface area contributed by atoms with Crippen molar-refractivity contribution in [2.45, 2.75) is 26.4 Å². The van der Waals surface area contributed by atoms with Gasteiger partial charge >= 0.3 is 6.09 Å². The molecule has 2 aliphatic rings. The van der Waals surface area contributed by atoms with Crippen LogP contribution in [0.4, 0.5) is 20.6 Å². The number of carbonyl (C=O) groups excluding carboxylic acids is 1.